The highest BCUT2D eigenvalue weighted by molar-refractivity contribution is 7.12. The molecule has 1 aliphatic rings. The van der Waals surface area contributed by atoms with Crippen molar-refractivity contribution in [3.05, 3.63) is 40.5 Å². The molecule has 1 aliphatic heterocycles. The van der Waals surface area contributed by atoms with Crippen LogP contribution in [0.5, 0.6) is 11.5 Å². The predicted molar refractivity (Wildman–Crippen MR) is 79.5 cm³/mol. The van der Waals surface area contributed by atoms with E-state index in [1.54, 1.807) is 5.38 Å². The van der Waals surface area contributed by atoms with E-state index >= 15 is 0 Å². The summed E-state index contributed by atoms with van der Waals surface area (Å²) < 4.78 is 12.8. The van der Waals surface area contributed by atoms with Crippen LogP contribution in [0.25, 0.3) is 5.65 Å². The number of nitrogens with zero attached hydrogens (tertiary/aromatic N) is 3. The standard InChI is InChI=1S/C14H12N4O3S/c19-14(13-12-9(8-22-13)20-5-6-21-12)15-7-11-17-16-10-3-1-2-4-18(10)11/h1-4,8H,5-7H2,(H,15,19). The summed E-state index contributed by atoms with van der Waals surface area (Å²) in [5.74, 6) is 1.63. The molecule has 0 radical (unpaired) electrons. The summed E-state index contributed by atoms with van der Waals surface area (Å²) in [7, 11) is 0. The van der Waals surface area contributed by atoms with Crippen LogP contribution in [-0.4, -0.2) is 33.7 Å². The second-order valence-corrected chi connectivity index (χ2v) is 5.56. The molecular formula is C14H12N4O3S. The van der Waals surface area contributed by atoms with Gasteiger partial charge in [0.05, 0.1) is 6.54 Å². The number of thiophene rings is 1. The molecule has 22 heavy (non-hydrogen) atoms. The SMILES string of the molecule is O=C(NCc1nnc2ccccn12)c1scc2c1OCCO2. The van der Waals surface area contributed by atoms with Gasteiger partial charge in [0.1, 0.15) is 18.1 Å². The first-order chi connectivity index (χ1) is 10.8. The van der Waals surface area contributed by atoms with Crippen molar-refractivity contribution < 1.29 is 14.3 Å². The van der Waals surface area contributed by atoms with E-state index in [4.69, 9.17) is 9.47 Å². The minimum atomic E-state index is -0.204. The van der Waals surface area contributed by atoms with Gasteiger partial charge in [-0.15, -0.1) is 21.5 Å². The van der Waals surface area contributed by atoms with E-state index in [-0.39, 0.29) is 12.5 Å². The Balaban J connectivity index is 1.52. The van der Waals surface area contributed by atoms with Crippen molar-refractivity contribution in [1.29, 1.82) is 0 Å². The quantitative estimate of drug-likeness (QED) is 0.792. The first kappa shape index (κ1) is 13.1. The smallest absolute Gasteiger partial charge is 0.265 e. The molecule has 0 aromatic carbocycles. The van der Waals surface area contributed by atoms with E-state index < -0.39 is 0 Å². The molecule has 4 rings (SSSR count). The van der Waals surface area contributed by atoms with Gasteiger partial charge in [-0.1, -0.05) is 6.07 Å². The third kappa shape index (κ3) is 2.17. The van der Waals surface area contributed by atoms with Gasteiger partial charge in [-0.25, -0.2) is 0 Å². The number of amides is 1. The predicted octanol–water partition coefficient (Wildman–Crippen LogP) is 1.49. The van der Waals surface area contributed by atoms with E-state index in [2.05, 4.69) is 15.5 Å². The van der Waals surface area contributed by atoms with Gasteiger partial charge in [0.25, 0.3) is 5.91 Å². The summed E-state index contributed by atoms with van der Waals surface area (Å²) in [6, 6.07) is 5.64. The van der Waals surface area contributed by atoms with Gasteiger partial charge >= 0.3 is 0 Å². The van der Waals surface area contributed by atoms with E-state index in [9.17, 15) is 4.79 Å². The lowest BCUT2D eigenvalue weighted by Crippen LogP contribution is -2.24. The molecule has 1 N–H and O–H groups in total. The van der Waals surface area contributed by atoms with Crippen LogP contribution < -0.4 is 14.8 Å². The van der Waals surface area contributed by atoms with E-state index in [1.165, 1.54) is 11.3 Å². The molecule has 0 atom stereocenters. The Hall–Kier alpha value is -2.61. The summed E-state index contributed by atoms with van der Waals surface area (Å²) in [5.41, 5.74) is 0.747. The number of carbonyl (C=O) groups excluding carboxylic acids is 1. The highest BCUT2D eigenvalue weighted by atomic mass is 32.1. The van der Waals surface area contributed by atoms with Gasteiger partial charge < -0.3 is 14.8 Å². The number of aromatic nitrogens is 3. The monoisotopic (exact) mass is 316 g/mol. The van der Waals surface area contributed by atoms with Crippen molar-refractivity contribution in [2.75, 3.05) is 13.2 Å². The zero-order valence-electron chi connectivity index (χ0n) is 11.5. The number of pyridine rings is 1. The summed E-state index contributed by atoms with van der Waals surface area (Å²) in [6.07, 6.45) is 1.86. The van der Waals surface area contributed by atoms with E-state index in [0.29, 0.717) is 35.4 Å². The fraction of sp³-hybridized carbons (Fsp3) is 0.214. The highest BCUT2D eigenvalue weighted by Crippen LogP contribution is 2.39. The number of fused-ring (bicyclic) bond motifs is 2. The number of hydrogen-bond acceptors (Lipinski definition) is 6. The lowest BCUT2D eigenvalue weighted by molar-refractivity contribution is 0.0944. The average molecular weight is 316 g/mol. The molecule has 7 nitrogen and oxygen atoms in total. The van der Waals surface area contributed by atoms with Crippen molar-refractivity contribution in [2.45, 2.75) is 6.54 Å². The summed E-state index contributed by atoms with van der Waals surface area (Å²) in [5, 5.41) is 12.8. The molecule has 0 bridgehead atoms. The highest BCUT2D eigenvalue weighted by Gasteiger charge is 2.23. The molecular weight excluding hydrogens is 304 g/mol. The van der Waals surface area contributed by atoms with Gasteiger partial charge in [0.2, 0.25) is 0 Å². The van der Waals surface area contributed by atoms with Gasteiger partial charge in [0, 0.05) is 11.6 Å². The van der Waals surface area contributed by atoms with Crippen molar-refractivity contribution in [3.8, 4) is 11.5 Å². The van der Waals surface area contributed by atoms with Crippen LogP contribution in [0.1, 0.15) is 15.5 Å². The fourth-order valence-corrected chi connectivity index (χ4v) is 3.12. The molecule has 3 aromatic rings. The Morgan fingerprint density at radius 1 is 1.32 bits per heavy atom. The maximum absolute atomic E-state index is 12.3. The molecule has 1 amide bonds. The minimum Gasteiger partial charge on any atom is -0.485 e. The Kier molecular flexibility index (Phi) is 3.15. The third-order valence-corrected chi connectivity index (χ3v) is 4.24. The van der Waals surface area contributed by atoms with Crippen LogP contribution in [0.4, 0.5) is 0 Å². The van der Waals surface area contributed by atoms with Crippen LogP contribution in [0.15, 0.2) is 29.8 Å². The van der Waals surface area contributed by atoms with Crippen molar-refractivity contribution in [3.63, 3.8) is 0 Å². The third-order valence-electron chi connectivity index (χ3n) is 3.30. The topological polar surface area (TPSA) is 77.8 Å². The second kappa shape index (κ2) is 5.30. The number of hydrogen-bond donors (Lipinski definition) is 1. The summed E-state index contributed by atoms with van der Waals surface area (Å²) in [6.45, 7) is 1.26. The zero-order chi connectivity index (χ0) is 14.9. The van der Waals surface area contributed by atoms with Crippen LogP contribution in [-0.2, 0) is 6.54 Å². The van der Waals surface area contributed by atoms with Crippen molar-refractivity contribution in [2.24, 2.45) is 0 Å². The molecule has 3 aromatic heterocycles. The summed E-state index contributed by atoms with van der Waals surface area (Å²) in [4.78, 5) is 12.8. The lowest BCUT2D eigenvalue weighted by atomic mass is 10.3. The normalized spacial score (nSPS) is 13.3. The molecule has 0 saturated heterocycles. The van der Waals surface area contributed by atoms with Crippen molar-refractivity contribution >= 4 is 22.9 Å². The van der Waals surface area contributed by atoms with Crippen LogP contribution >= 0.6 is 11.3 Å². The number of ether oxygens (including phenoxy) is 2. The Morgan fingerprint density at radius 2 is 2.23 bits per heavy atom. The lowest BCUT2D eigenvalue weighted by Gasteiger charge is -2.15. The Morgan fingerprint density at radius 3 is 3.18 bits per heavy atom. The molecule has 0 saturated carbocycles. The molecule has 0 unspecified atom stereocenters. The van der Waals surface area contributed by atoms with Crippen LogP contribution in [0.3, 0.4) is 0 Å². The fourth-order valence-electron chi connectivity index (χ4n) is 2.27. The first-order valence-electron chi connectivity index (χ1n) is 6.77. The summed E-state index contributed by atoms with van der Waals surface area (Å²) >= 11 is 1.31. The number of nitrogens with one attached hydrogen (secondary N) is 1. The molecule has 8 heteroatoms. The van der Waals surface area contributed by atoms with Gasteiger partial charge in [-0.05, 0) is 12.1 Å². The van der Waals surface area contributed by atoms with E-state index in [0.717, 1.165) is 5.65 Å². The number of rotatable bonds is 3. The average Bonchev–Trinajstić information content (AvgIpc) is 3.17. The molecule has 0 aliphatic carbocycles. The Bertz CT molecular complexity index is 842. The van der Waals surface area contributed by atoms with Gasteiger partial charge in [-0.3, -0.25) is 9.20 Å². The maximum atomic E-state index is 12.3. The van der Waals surface area contributed by atoms with Crippen molar-refractivity contribution in [1.82, 2.24) is 19.9 Å². The van der Waals surface area contributed by atoms with E-state index in [1.807, 2.05) is 28.8 Å². The molecule has 0 fully saturated rings. The number of carbonyl (C=O) groups is 1. The van der Waals surface area contributed by atoms with Crippen LogP contribution in [0, 0.1) is 0 Å². The Labute approximate surface area is 129 Å². The molecule has 0 spiro atoms. The second-order valence-electron chi connectivity index (χ2n) is 4.68. The molecule has 4 heterocycles. The van der Waals surface area contributed by atoms with Gasteiger partial charge in [0.15, 0.2) is 23.0 Å². The molecule has 112 valence electrons. The minimum absolute atomic E-state index is 0.204. The maximum Gasteiger partial charge on any atom is 0.265 e. The zero-order valence-corrected chi connectivity index (χ0v) is 12.3. The largest absolute Gasteiger partial charge is 0.485 e. The van der Waals surface area contributed by atoms with Gasteiger partial charge in [-0.2, -0.15) is 0 Å². The van der Waals surface area contributed by atoms with Crippen LogP contribution in [0.2, 0.25) is 0 Å². The first-order valence-corrected chi connectivity index (χ1v) is 7.65.